The Hall–Kier alpha value is -15.4. The van der Waals surface area contributed by atoms with Crippen molar-refractivity contribution in [2.45, 2.75) is 51.4 Å². The number of hydrogen-bond donors (Lipinski definition) is 20. The van der Waals surface area contributed by atoms with Crippen molar-refractivity contribution in [2.24, 2.45) is 0 Å². The molecule has 0 radical (unpaired) electrons. The maximum absolute atomic E-state index is 11.4. The molecule has 0 atom stereocenters. The summed E-state index contributed by atoms with van der Waals surface area (Å²) in [5, 5.41) is 206. The van der Waals surface area contributed by atoms with Crippen LogP contribution in [-0.4, -0.2) is 102 Å². The van der Waals surface area contributed by atoms with Gasteiger partial charge < -0.3 is 102 Å². The van der Waals surface area contributed by atoms with Gasteiger partial charge in [0.15, 0.2) is 46.0 Å². The van der Waals surface area contributed by atoms with E-state index in [1.54, 1.807) is 231 Å². The van der Waals surface area contributed by atoms with Gasteiger partial charge in [-0.15, -0.1) is 0 Å². The first kappa shape index (κ1) is 78.7. The number of benzene rings is 16. The van der Waals surface area contributed by atoms with Gasteiger partial charge in [0.25, 0.3) is 0 Å². The topological polar surface area (TPSA) is 405 Å². The lowest BCUT2D eigenvalue weighted by Crippen LogP contribution is -2.00. The third kappa shape index (κ3) is 18.1. The highest BCUT2D eigenvalue weighted by molar-refractivity contribution is 6.00. The summed E-state index contributed by atoms with van der Waals surface area (Å²) in [5.41, 5.74) is 12.2. The minimum absolute atomic E-state index is 0.00475. The fourth-order valence-corrected chi connectivity index (χ4v) is 14.2. The lowest BCUT2D eigenvalue weighted by molar-refractivity contribution is 0.403. The van der Waals surface area contributed by atoms with Crippen molar-refractivity contribution < 1.29 is 102 Å². The van der Waals surface area contributed by atoms with E-state index in [-0.39, 0.29) is 121 Å². The zero-order chi connectivity index (χ0) is 82.2. The van der Waals surface area contributed by atoms with E-state index in [1.165, 1.54) is 30.3 Å². The van der Waals surface area contributed by atoms with Crippen molar-refractivity contribution in [1.82, 2.24) is 0 Å². The monoisotopic (exact) mass is 1550 g/mol. The Morgan fingerprint density at radius 2 is 0.466 bits per heavy atom. The smallest absolute Gasteiger partial charge is 0.165 e. The molecule has 0 saturated carbocycles. The van der Waals surface area contributed by atoms with Gasteiger partial charge in [-0.25, -0.2) is 0 Å². The Morgan fingerprint density at radius 1 is 0.147 bits per heavy atom. The van der Waals surface area contributed by atoms with E-state index in [0.29, 0.717) is 111 Å². The summed E-state index contributed by atoms with van der Waals surface area (Å²) in [5.74, 6) is -0.754. The van der Waals surface area contributed by atoms with E-state index in [2.05, 4.69) is 0 Å². The highest BCUT2D eigenvalue weighted by Gasteiger charge is 2.25. The predicted octanol–water partition coefficient (Wildman–Crippen LogP) is 18.2. The lowest BCUT2D eigenvalue weighted by atomic mass is 9.88. The van der Waals surface area contributed by atoms with Crippen LogP contribution in [0.3, 0.4) is 0 Å². The molecular formula is C96H80O20. The van der Waals surface area contributed by atoms with Crippen LogP contribution >= 0.6 is 0 Å². The van der Waals surface area contributed by atoms with Gasteiger partial charge >= 0.3 is 0 Å². The molecule has 16 aromatic rings. The third-order valence-corrected chi connectivity index (χ3v) is 20.2. The molecular weight excluding hydrogens is 1470 g/mol. The van der Waals surface area contributed by atoms with E-state index >= 15 is 0 Å². The number of aromatic hydroxyl groups is 20. The van der Waals surface area contributed by atoms with E-state index in [1.807, 2.05) is 6.07 Å². The summed E-state index contributed by atoms with van der Waals surface area (Å²) < 4.78 is 0. The average molecular weight is 1550 g/mol. The molecule has 16 rings (SSSR count). The largest absolute Gasteiger partial charge is 0.508 e. The Labute approximate surface area is 664 Å². The van der Waals surface area contributed by atoms with Crippen molar-refractivity contribution >= 4 is 43.1 Å². The Kier molecular flexibility index (Phi) is 23.1. The molecule has 0 heterocycles. The van der Waals surface area contributed by atoms with Crippen molar-refractivity contribution in [3.05, 3.63) is 356 Å². The molecule has 584 valence electrons. The van der Waals surface area contributed by atoms with Gasteiger partial charge in [0, 0.05) is 76.8 Å². The van der Waals surface area contributed by atoms with Crippen molar-refractivity contribution in [3.8, 4) is 115 Å². The minimum Gasteiger partial charge on any atom is -0.508 e. The summed E-state index contributed by atoms with van der Waals surface area (Å²) in [6, 6.07) is 73.0. The van der Waals surface area contributed by atoms with Gasteiger partial charge in [-0.3, -0.25) is 0 Å². The highest BCUT2D eigenvalue weighted by atomic mass is 16.3. The molecule has 0 aromatic heterocycles. The fraction of sp³-hybridized carbons (Fsp3) is 0.0833. The molecule has 16 aromatic carbocycles. The Bertz CT molecular complexity index is 6250. The summed E-state index contributed by atoms with van der Waals surface area (Å²) >= 11 is 0. The summed E-state index contributed by atoms with van der Waals surface area (Å²) in [4.78, 5) is 0. The van der Waals surface area contributed by atoms with Crippen LogP contribution in [-0.2, 0) is 51.4 Å². The van der Waals surface area contributed by atoms with E-state index in [4.69, 9.17) is 0 Å². The molecule has 0 saturated heterocycles. The SMILES string of the molecule is Oc1ccc(Cc2c(O)c(O)c3cc(O)ccc3c2Cc2ccc(O)cc2)cc1.Oc1ccc(Cc2cc3c(Cc4ccc(O)cc4)cc(O)c(O)c3c(Cc3ccc(O)cc3)c2O)cc1.Oc1ccc(Cc2cc3ccc(O)c(O)c3c(Cc3ccc(O)cc3)c2O)cc1.Oc1ccc(Cc2cc3ccc(O)c(O)c3cc2O)cc1. The zero-order valence-corrected chi connectivity index (χ0v) is 62.0. The molecule has 0 fully saturated rings. The van der Waals surface area contributed by atoms with Crippen LogP contribution in [0.25, 0.3) is 43.1 Å². The first-order valence-electron chi connectivity index (χ1n) is 36.6. The van der Waals surface area contributed by atoms with Gasteiger partial charge in [-0.2, -0.15) is 0 Å². The molecule has 0 amide bonds. The van der Waals surface area contributed by atoms with Gasteiger partial charge in [0.1, 0.15) is 69.0 Å². The molecule has 0 bridgehead atoms. The molecule has 0 aliphatic rings. The van der Waals surface area contributed by atoms with E-state index < -0.39 is 0 Å². The van der Waals surface area contributed by atoms with Gasteiger partial charge in [0.05, 0.1) is 0 Å². The number of hydrogen-bond acceptors (Lipinski definition) is 20. The van der Waals surface area contributed by atoms with E-state index in [9.17, 15) is 102 Å². The van der Waals surface area contributed by atoms with Crippen LogP contribution in [0.1, 0.15) is 89.0 Å². The molecule has 116 heavy (non-hydrogen) atoms. The van der Waals surface area contributed by atoms with Crippen molar-refractivity contribution in [1.29, 1.82) is 0 Å². The summed E-state index contributed by atoms with van der Waals surface area (Å²) in [6.45, 7) is 0. The predicted molar refractivity (Wildman–Crippen MR) is 443 cm³/mol. The highest BCUT2D eigenvalue weighted by Crippen LogP contribution is 2.48. The fourth-order valence-electron chi connectivity index (χ4n) is 14.2. The van der Waals surface area contributed by atoms with Gasteiger partial charge in [-0.1, -0.05) is 115 Å². The standard InChI is InChI=1S/C31H26O6.2C24H20O5.C17H14O4/c32-23-7-1-18(2-8-23)13-21-17-28(35)31(37)29-26(21)16-22(14-19-3-9-24(33)10-4-19)30(36)27(29)15-20-5-11-25(34)12-6-20;25-18-6-1-14(2-7-18)11-17-13-16-5-10-21(27)24(29)22(16)20(23(17)28)12-15-3-8-19(26)9-4-15;25-16-5-1-14(2-6-16)11-20-19-10-9-18(27)13-22(19)24(29)23(28)21(20)12-15-3-7-17(26)8-4-15;18-13-4-1-10(2-5-13)7-12-8-11-3-6-15(19)17(21)14(11)9-16(12)20/h1-12,16-17,32-37H,13-15H2;2*1-10,13,25-29H,11-12H2;1-6,8-9,18-21H,7H2. The molecule has 20 N–H and O–H groups in total. The van der Waals surface area contributed by atoms with Crippen molar-refractivity contribution in [2.75, 3.05) is 0 Å². The number of phenolic OH excluding ortho intramolecular Hbond substituents is 20. The minimum atomic E-state index is -0.315. The van der Waals surface area contributed by atoms with Crippen LogP contribution in [0.2, 0.25) is 0 Å². The summed E-state index contributed by atoms with van der Waals surface area (Å²) in [6.07, 6.45) is 3.12. The summed E-state index contributed by atoms with van der Waals surface area (Å²) in [7, 11) is 0. The Balaban J connectivity index is 0.000000137. The normalized spacial score (nSPS) is 11.0. The quantitative estimate of drug-likeness (QED) is 0.0400. The number of rotatable bonds is 16. The maximum Gasteiger partial charge on any atom is 0.165 e. The number of fused-ring (bicyclic) bond motifs is 4. The molecule has 20 heteroatoms. The van der Waals surface area contributed by atoms with Crippen LogP contribution in [0.4, 0.5) is 0 Å². The van der Waals surface area contributed by atoms with Gasteiger partial charge in [-0.05, 0) is 258 Å². The molecule has 20 nitrogen and oxygen atoms in total. The number of phenols is 20. The van der Waals surface area contributed by atoms with E-state index in [0.717, 1.165) is 66.4 Å². The van der Waals surface area contributed by atoms with Crippen molar-refractivity contribution in [3.63, 3.8) is 0 Å². The van der Waals surface area contributed by atoms with Crippen LogP contribution < -0.4 is 0 Å². The molecule has 0 aliphatic carbocycles. The zero-order valence-electron chi connectivity index (χ0n) is 62.0. The van der Waals surface area contributed by atoms with Crippen LogP contribution in [0.5, 0.6) is 115 Å². The second-order valence-corrected chi connectivity index (χ2v) is 28.3. The molecule has 0 aliphatic heterocycles. The second-order valence-electron chi connectivity index (χ2n) is 28.3. The maximum atomic E-state index is 11.4. The second kappa shape index (κ2) is 34.0. The first-order valence-corrected chi connectivity index (χ1v) is 36.6. The first-order chi connectivity index (χ1) is 55.7. The lowest BCUT2D eigenvalue weighted by Gasteiger charge is -2.19. The van der Waals surface area contributed by atoms with Crippen LogP contribution in [0, 0.1) is 0 Å². The van der Waals surface area contributed by atoms with Crippen LogP contribution in [0.15, 0.2) is 267 Å². The van der Waals surface area contributed by atoms with Gasteiger partial charge in [0.2, 0.25) is 0 Å². The Morgan fingerprint density at radius 3 is 0.888 bits per heavy atom. The third-order valence-electron chi connectivity index (χ3n) is 20.2. The average Bonchev–Trinajstić information content (AvgIpc) is 0.765. The molecule has 0 spiro atoms. The molecule has 0 unspecified atom stereocenters.